The first-order valence-electron chi connectivity index (χ1n) is 9.25. The highest BCUT2D eigenvalue weighted by Crippen LogP contribution is 2.55. The normalized spacial score (nSPS) is 37.7. The summed E-state index contributed by atoms with van der Waals surface area (Å²) >= 11 is 0. The molecule has 4 saturated carbocycles. The predicted molar refractivity (Wildman–Crippen MR) is 91.7 cm³/mol. The number of amides is 1. The highest BCUT2D eigenvalue weighted by Gasteiger charge is 2.55. The molecule has 0 unspecified atom stereocenters. The van der Waals surface area contributed by atoms with Crippen molar-refractivity contribution in [3.8, 4) is 0 Å². The van der Waals surface area contributed by atoms with Gasteiger partial charge >= 0.3 is 0 Å². The minimum atomic E-state index is -0.454. The first-order valence-corrected chi connectivity index (χ1v) is 9.25. The molecule has 0 saturated heterocycles. The fourth-order valence-electron chi connectivity index (χ4n) is 5.76. The van der Waals surface area contributed by atoms with Crippen LogP contribution in [0.4, 0.5) is 0 Å². The molecule has 4 fully saturated rings. The van der Waals surface area contributed by atoms with Crippen LogP contribution in [-0.4, -0.2) is 32.4 Å². The first-order chi connectivity index (χ1) is 11.2. The van der Waals surface area contributed by atoms with Gasteiger partial charge in [0.1, 0.15) is 0 Å². The summed E-state index contributed by atoms with van der Waals surface area (Å²) in [6, 6.07) is 0.215. The van der Waals surface area contributed by atoms with E-state index in [1.54, 1.807) is 6.20 Å². The minimum Gasteiger partial charge on any atom is -0.390 e. The third kappa shape index (κ3) is 2.48. The number of nitrogens with one attached hydrogen (secondary N) is 1. The van der Waals surface area contributed by atoms with Gasteiger partial charge in [-0.2, -0.15) is 5.10 Å². The Hall–Kier alpha value is -1.36. The molecule has 5 nitrogen and oxygen atoms in total. The zero-order valence-electron chi connectivity index (χ0n) is 15.2. The van der Waals surface area contributed by atoms with Crippen LogP contribution in [0.5, 0.6) is 0 Å². The number of rotatable bonds is 2. The molecular weight excluding hydrogens is 302 g/mol. The summed E-state index contributed by atoms with van der Waals surface area (Å²) in [5.74, 6) is 1.52. The van der Waals surface area contributed by atoms with Gasteiger partial charge in [0.2, 0.25) is 0 Å². The van der Waals surface area contributed by atoms with E-state index >= 15 is 0 Å². The zero-order chi connectivity index (χ0) is 17.3. The van der Waals surface area contributed by atoms with E-state index in [0.717, 1.165) is 37.8 Å². The second kappa shape index (κ2) is 5.07. The van der Waals surface area contributed by atoms with Crippen molar-refractivity contribution in [3.63, 3.8) is 0 Å². The molecule has 2 N–H and O–H groups in total. The van der Waals surface area contributed by atoms with Crippen LogP contribution in [0.2, 0.25) is 0 Å². The predicted octanol–water partition coefficient (Wildman–Crippen LogP) is 2.62. The van der Waals surface area contributed by atoms with Gasteiger partial charge in [0.25, 0.3) is 5.91 Å². The summed E-state index contributed by atoms with van der Waals surface area (Å²) in [6.07, 6.45) is 6.68. The molecular formula is C19H29N3O2. The molecule has 1 aromatic heterocycles. The van der Waals surface area contributed by atoms with Crippen molar-refractivity contribution in [1.82, 2.24) is 15.1 Å². The Kier molecular flexibility index (Phi) is 3.41. The number of carbonyl (C=O) groups is 1. The van der Waals surface area contributed by atoms with Gasteiger partial charge in [-0.25, -0.2) is 0 Å². The maximum atomic E-state index is 12.9. The van der Waals surface area contributed by atoms with Crippen molar-refractivity contribution in [2.75, 3.05) is 0 Å². The fourth-order valence-corrected chi connectivity index (χ4v) is 5.76. The molecule has 0 radical (unpaired) electrons. The quantitative estimate of drug-likeness (QED) is 0.875. The van der Waals surface area contributed by atoms with Gasteiger partial charge < -0.3 is 10.4 Å². The van der Waals surface area contributed by atoms with Gasteiger partial charge in [-0.1, -0.05) is 0 Å². The summed E-state index contributed by atoms with van der Waals surface area (Å²) in [4.78, 5) is 12.9. The molecule has 24 heavy (non-hydrogen) atoms. The zero-order valence-corrected chi connectivity index (χ0v) is 15.2. The Bertz CT molecular complexity index is 657. The molecule has 4 bridgehead atoms. The molecule has 1 aromatic rings. The molecule has 0 spiro atoms. The molecule has 0 aliphatic heterocycles. The van der Waals surface area contributed by atoms with Crippen LogP contribution in [0.1, 0.15) is 68.9 Å². The van der Waals surface area contributed by atoms with Gasteiger partial charge in [0.05, 0.1) is 22.9 Å². The lowest BCUT2D eigenvalue weighted by molar-refractivity contribution is -0.136. The van der Waals surface area contributed by atoms with E-state index in [9.17, 15) is 9.90 Å². The van der Waals surface area contributed by atoms with Gasteiger partial charge in [-0.05, 0) is 77.6 Å². The summed E-state index contributed by atoms with van der Waals surface area (Å²) in [5, 5.41) is 18.4. The topological polar surface area (TPSA) is 67.2 Å². The standard InChI is InChI=1S/C19H29N3O2/c1-11-15(10-20-22(11)18(2,3)4)17(23)21-16-13-5-12-6-14(16)9-19(24,7-12)8-13/h10,12-14,16,24H,5-9H2,1-4H3,(H,21,23)/t12?,13-,14-,16?,19?/m0/s1. The second-order valence-corrected chi connectivity index (χ2v) is 9.42. The Morgan fingerprint density at radius 1 is 1.29 bits per heavy atom. The highest BCUT2D eigenvalue weighted by atomic mass is 16.3. The van der Waals surface area contributed by atoms with Gasteiger partial charge in [-0.3, -0.25) is 9.48 Å². The van der Waals surface area contributed by atoms with Crippen molar-refractivity contribution in [1.29, 1.82) is 0 Å². The van der Waals surface area contributed by atoms with Crippen LogP contribution in [0.25, 0.3) is 0 Å². The van der Waals surface area contributed by atoms with Crippen molar-refractivity contribution in [3.05, 3.63) is 17.5 Å². The molecule has 132 valence electrons. The number of hydrogen-bond donors (Lipinski definition) is 2. The van der Waals surface area contributed by atoms with Crippen molar-refractivity contribution in [2.45, 2.75) is 77.0 Å². The van der Waals surface area contributed by atoms with Gasteiger partial charge in [-0.15, -0.1) is 0 Å². The summed E-state index contributed by atoms with van der Waals surface area (Å²) in [6.45, 7) is 8.24. The number of carbonyl (C=O) groups excluding carboxylic acids is 1. The van der Waals surface area contributed by atoms with Crippen LogP contribution < -0.4 is 5.32 Å². The minimum absolute atomic E-state index is 0.00698. The Labute approximate surface area is 143 Å². The average molecular weight is 331 g/mol. The molecule has 5 heteroatoms. The molecule has 4 aliphatic carbocycles. The van der Waals surface area contributed by atoms with Crippen LogP contribution in [0, 0.1) is 24.7 Å². The third-order valence-electron chi connectivity index (χ3n) is 6.43. The Balaban J connectivity index is 1.52. The average Bonchev–Trinajstić information content (AvgIpc) is 2.82. The molecule has 4 aliphatic rings. The number of nitrogens with zero attached hydrogens (tertiary/aromatic N) is 2. The van der Waals surface area contributed by atoms with E-state index in [4.69, 9.17) is 0 Å². The smallest absolute Gasteiger partial charge is 0.254 e. The van der Waals surface area contributed by atoms with E-state index in [1.807, 2.05) is 11.6 Å². The number of hydrogen-bond acceptors (Lipinski definition) is 3. The van der Waals surface area contributed by atoms with Crippen LogP contribution in [-0.2, 0) is 5.54 Å². The number of aliphatic hydroxyl groups is 1. The van der Waals surface area contributed by atoms with Crippen LogP contribution >= 0.6 is 0 Å². The molecule has 1 heterocycles. The van der Waals surface area contributed by atoms with E-state index in [-0.39, 0.29) is 17.5 Å². The van der Waals surface area contributed by atoms with Gasteiger partial charge in [0, 0.05) is 11.7 Å². The maximum absolute atomic E-state index is 12.9. The molecule has 0 aromatic carbocycles. The Morgan fingerprint density at radius 3 is 2.42 bits per heavy atom. The number of aromatic nitrogens is 2. The molecule has 1 amide bonds. The van der Waals surface area contributed by atoms with Crippen molar-refractivity contribution < 1.29 is 9.90 Å². The summed E-state index contributed by atoms with van der Waals surface area (Å²) in [5.41, 5.74) is 1.01. The monoisotopic (exact) mass is 331 g/mol. The third-order valence-corrected chi connectivity index (χ3v) is 6.43. The lowest BCUT2D eigenvalue weighted by Gasteiger charge is -2.58. The lowest BCUT2D eigenvalue weighted by Crippen LogP contribution is -2.61. The van der Waals surface area contributed by atoms with E-state index < -0.39 is 5.60 Å². The van der Waals surface area contributed by atoms with Crippen LogP contribution in [0.3, 0.4) is 0 Å². The SMILES string of the molecule is Cc1c(C(=O)NC2[C@H]3CC4C[C@H]2CC(O)(C4)C3)cnn1C(C)(C)C. The van der Waals surface area contributed by atoms with Gasteiger partial charge in [0.15, 0.2) is 0 Å². The van der Waals surface area contributed by atoms with Crippen LogP contribution in [0.15, 0.2) is 6.20 Å². The van der Waals surface area contributed by atoms with E-state index in [0.29, 0.717) is 23.3 Å². The highest BCUT2D eigenvalue weighted by molar-refractivity contribution is 5.95. The molecule has 5 rings (SSSR count). The van der Waals surface area contributed by atoms with Crippen molar-refractivity contribution >= 4 is 5.91 Å². The maximum Gasteiger partial charge on any atom is 0.254 e. The fraction of sp³-hybridized carbons (Fsp3) is 0.789. The van der Waals surface area contributed by atoms with E-state index in [2.05, 4.69) is 31.2 Å². The Morgan fingerprint density at radius 2 is 1.92 bits per heavy atom. The van der Waals surface area contributed by atoms with Crippen molar-refractivity contribution in [2.24, 2.45) is 17.8 Å². The van der Waals surface area contributed by atoms with E-state index in [1.165, 1.54) is 0 Å². The largest absolute Gasteiger partial charge is 0.390 e. The molecule has 2 atom stereocenters. The summed E-state index contributed by atoms with van der Waals surface area (Å²) < 4.78 is 1.92. The lowest BCUT2D eigenvalue weighted by atomic mass is 9.52. The summed E-state index contributed by atoms with van der Waals surface area (Å²) in [7, 11) is 0. The first kappa shape index (κ1) is 16.1. The second-order valence-electron chi connectivity index (χ2n) is 9.42.